The first-order valence-electron chi connectivity index (χ1n) is 5.82. The first-order chi connectivity index (χ1) is 8.65. The van der Waals surface area contributed by atoms with Crippen LogP contribution in [0.25, 0.3) is 0 Å². The van der Waals surface area contributed by atoms with Gasteiger partial charge in [0, 0.05) is 18.7 Å². The van der Waals surface area contributed by atoms with Crippen molar-refractivity contribution < 1.29 is 23.7 Å². The van der Waals surface area contributed by atoms with Crippen LogP contribution in [0.4, 0.5) is 4.39 Å². The fraction of sp³-hybridized carbons (Fsp3) is 0.538. The lowest BCUT2D eigenvalue weighted by Gasteiger charge is -2.13. The van der Waals surface area contributed by atoms with E-state index in [2.05, 4.69) is 0 Å². The Morgan fingerprint density at radius 3 is 2.61 bits per heavy atom. The maximum Gasteiger partial charge on any atom is 0.128 e. The van der Waals surface area contributed by atoms with Crippen molar-refractivity contribution in [2.75, 3.05) is 33.5 Å². The molecule has 0 saturated carbocycles. The molecule has 0 amide bonds. The molecule has 1 atom stereocenters. The van der Waals surface area contributed by atoms with Crippen molar-refractivity contribution in [3.8, 4) is 5.75 Å². The van der Waals surface area contributed by atoms with Crippen molar-refractivity contribution in [1.29, 1.82) is 0 Å². The Bertz CT molecular complexity index is 355. The predicted octanol–water partition coefficient (Wildman–Crippen LogP) is 1.92. The average Bonchev–Trinajstić information content (AvgIpc) is 2.33. The summed E-state index contributed by atoms with van der Waals surface area (Å²) in [5.74, 6) is -0.0463. The van der Waals surface area contributed by atoms with Crippen LogP contribution in [-0.4, -0.2) is 38.6 Å². The Kier molecular flexibility index (Phi) is 6.64. The number of aliphatic hydroxyl groups excluding tert-OH is 1. The number of ether oxygens (including phenoxy) is 3. The first kappa shape index (κ1) is 14.9. The van der Waals surface area contributed by atoms with Crippen LogP contribution in [0.2, 0.25) is 0 Å². The van der Waals surface area contributed by atoms with Crippen molar-refractivity contribution in [2.45, 2.75) is 13.0 Å². The van der Waals surface area contributed by atoms with E-state index in [0.717, 1.165) is 0 Å². The molecule has 0 heterocycles. The molecule has 4 nitrogen and oxygen atoms in total. The molecule has 0 aliphatic heterocycles. The largest absolute Gasteiger partial charge is 0.491 e. The predicted molar refractivity (Wildman–Crippen MR) is 65.2 cm³/mol. The molecule has 18 heavy (non-hydrogen) atoms. The number of benzene rings is 1. The topological polar surface area (TPSA) is 47.9 Å². The summed E-state index contributed by atoms with van der Waals surface area (Å²) < 4.78 is 28.5. The second-order valence-electron chi connectivity index (χ2n) is 3.81. The summed E-state index contributed by atoms with van der Waals surface area (Å²) in [4.78, 5) is 0. The molecular weight excluding hydrogens is 239 g/mol. The number of hydrogen-bond donors (Lipinski definition) is 1. The molecule has 0 bridgehead atoms. The average molecular weight is 258 g/mol. The highest BCUT2D eigenvalue weighted by molar-refractivity contribution is 5.35. The second kappa shape index (κ2) is 8.02. The Morgan fingerprint density at radius 2 is 1.94 bits per heavy atom. The number of hydrogen-bond acceptors (Lipinski definition) is 4. The van der Waals surface area contributed by atoms with Crippen LogP contribution in [0.3, 0.4) is 0 Å². The van der Waals surface area contributed by atoms with Gasteiger partial charge in [-0.2, -0.15) is 0 Å². The zero-order chi connectivity index (χ0) is 13.4. The molecule has 0 fully saturated rings. The summed E-state index contributed by atoms with van der Waals surface area (Å²) in [6.45, 7) is 3.31. The van der Waals surface area contributed by atoms with E-state index in [1.54, 1.807) is 14.0 Å². The number of halogens is 1. The summed E-state index contributed by atoms with van der Waals surface area (Å²) in [5, 5.41) is 9.52. The maximum absolute atomic E-state index is 13.1. The number of methoxy groups -OCH3 is 1. The zero-order valence-corrected chi connectivity index (χ0v) is 10.7. The zero-order valence-electron chi connectivity index (χ0n) is 10.7. The van der Waals surface area contributed by atoms with Crippen molar-refractivity contribution in [3.05, 3.63) is 29.6 Å². The quantitative estimate of drug-likeness (QED) is 0.724. The highest BCUT2D eigenvalue weighted by atomic mass is 19.1. The van der Waals surface area contributed by atoms with E-state index in [1.165, 1.54) is 18.2 Å². The Labute approximate surface area is 106 Å². The lowest BCUT2D eigenvalue weighted by Crippen LogP contribution is -2.11. The van der Waals surface area contributed by atoms with E-state index in [9.17, 15) is 9.50 Å². The van der Waals surface area contributed by atoms with E-state index in [4.69, 9.17) is 14.2 Å². The molecule has 1 N–H and O–H groups in total. The van der Waals surface area contributed by atoms with Gasteiger partial charge < -0.3 is 19.3 Å². The maximum atomic E-state index is 13.1. The molecule has 1 aromatic rings. The van der Waals surface area contributed by atoms with E-state index >= 15 is 0 Å². The van der Waals surface area contributed by atoms with Gasteiger partial charge in [-0.1, -0.05) is 0 Å². The minimum absolute atomic E-state index is 0.298. The molecule has 0 aliphatic carbocycles. The minimum atomic E-state index is -0.699. The number of rotatable bonds is 8. The SMILES string of the molecule is COCCOCCOc1cc(F)ccc1[C@H](C)O. The highest BCUT2D eigenvalue weighted by Gasteiger charge is 2.10. The van der Waals surface area contributed by atoms with Crippen LogP contribution in [0.1, 0.15) is 18.6 Å². The van der Waals surface area contributed by atoms with Crippen molar-refractivity contribution in [1.82, 2.24) is 0 Å². The second-order valence-corrected chi connectivity index (χ2v) is 3.81. The van der Waals surface area contributed by atoms with Gasteiger partial charge in [-0.3, -0.25) is 0 Å². The third kappa shape index (κ3) is 5.00. The van der Waals surface area contributed by atoms with Gasteiger partial charge in [-0.05, 0) is 19.1 Å². The summed E-state index contributed by atoms with van der Waals surface area (Å²) >= 11 is 0. The van der Waals surface area contributed by atoms with Gasteiger partial charge in [0.05, 0.1) is 25.9 Å². The molecule has 1 rings (SSSR count). The van der Waals surface area contributed by atoms with Crippen molar-refractivity contribution in [3.63, 3.8) is 0 Å². The van der Waals surface area contributed by atoms with Gasteiger partial charge in [0.15, 0.2) is 0 Å². The van der Waals surface area contributed by atoms with Gasteiger partial charge in [0.1, 0.15) is 18.2 Å². The summed E-state index contributed by atoms with van der Waals surface area (Å²) in [6, 6.07) is 4.07. The standard InChI is InChI=1S/C13H19FO4/c1-10(15)12-4-3-11(14)9-13(12)18-8-7-17-6-5-16-2/h3-4,9-10,15H,5-8H2,1-2H3/t10-/m0/s1. The molecule has 0 aromatic heterocycles. The van der Waals surface area contributed by atoms with Crippen LogP contribution >= 0.6 is 0 Å². The van der Waals surface area contributed by atoms with E-state index in [-0.39, 0.29) is 0 Å². The Balaban J connectivity index is 2.43. The number of aliphatic hydroxyl groups is 1. The van der Waals surface area contributed by atoms with E-state index in [0.29, 0.717) is 37.7 Å². The molecule has 0 spiro atoms. The first-order valence-corrected chi connectivity index (χ1v) is 5.82. The third-order valence-electron chi connectivity index (χ3n) is 2.34. The van der Waals surface area contributed by atoms with E-state index in [1.807, 2.05) is 0 Å². The van der Waals surface area contributed by atoms with Gasteiger partial charge in [0.2, 0.25) is 0 Å². The molecule has 1 aromatic carbocycles. The monoisotopic (exact) mass is 258 g/mol. The minimum Gasteiger partial charge on any atom is -0.491 e. The van der Waals surface area contributed by atoms with Crippen LogP contribution in [0.15, 0.2) is 18.2 Å². The van der Waals surface area contributed by atoms with Gasteiger partial charge >= 0.3 is 0 Å². The third-order valence-corrected chi connectivity index (χ3v) is 2.34. The van der Waals surface area contributed by atoms with Crippen LogP contribution in [0.5, 0.6) is 5.75 Å². The van der Waals surface area contributed by atoms with Crippen molar-refractivity contribution >= 4 is 0 Å². The van der Waals surface area contributed by atoms with E-state index < -0.39 is 11.9 Å². The van der Waals surface area contributed by atoms with Crippen LogP contribution in [-0.2, 0) is 9.47 Å². The summed E-state index contributed by atoms with van der Waals surface area (Å²) in [6.07, 6.45) is -0.699. The molecule has 5 heteroatoms. The molecule has 0 unspecified atom stereocenters. The molecule has 0 aliphatic rings. The lowest BCUT2D eigenvalue weighted by molar-refractivity contribution is 0.0537. The van der Waals surface area contributed by atoms with Crippen LogP contribution in [0, 0.1) is 5.82 Å². The molecule has 0 saturated heterocycles. The van der Waals surface area contributed by atoms with Gasteiger partial charge in [-0.15, -0.1) is 0 Å². The van der Waals surface area contributed by atoms with Crippen molar-refractivity contribution in [2.24, 2.45) is 0 Å². The molecule has 102 valence electrons. The Hall–Kier alpha value is -1.17. The van der Waals surface area contributed by atoms with Crippen LogP contribution < -0.4 is 4.74 Å². The van der Waals surface area contributed by atoms with Gasteiger partial charge in [0.25, 0.3) is 0 Å². The molecular formula is C13H19FO4. The molecule has 0 radical (unpaired) electrons. The fourth-order valence-corrected chi connectivity index (χ4v) is 1.43. The smallest absolute Gasteiger partial charge is 0.128 e. The lowest BCUT2D eigenvalue weighted by atomic mass is 10.1. The highest BCUT2D eigenvalue weighted by Crippen LogP contribution is 2.25. The normalized spacial score (nSPS) is 12.4. The van der Waals surface area contributed by atoms with Gasteiger partial charge in [-0.25, -0.2) is 4.39 Å². The fourth-order valence-electron chi connectivity index (χ4n) is 1.43. The Morgan fingerprint density at radius 1 is 1.22 bits per heavy atom. The summed E-state index contributed by atoms with van der Waals surface area (Å²) in [7, 11) is 1.60. The summed E-state index contributed by atoms with van der Waals surface area (Å²) in [5.41, 5.74) is 0.563.